The van der Waals surface area contributed by atoms with E-state index in [1.807, 2.05) is 0 Å². The van der Waals surface area contributed by atoms with Crippen molar-refractivity contribution < 1.29 is 19.8 Å². The van der Waals surface area contributed by atoms with E-state index in [0.717, 1.165) is 0 Å². The number of rotatable bonds is 4. The van der Waals surface area contributed by atoms with Crippen LogP contribution in [-0.2, 0) is 4.79 Å². The first kappa shape index (κ1) is 11.4. The Hall–Kier alpha value is -1.68. The standard InChI is InChI=1S/C11H12O4/c1-7(10(13)11(14)15)9(12)8-5-3-2-4-6-8/h2-7,10,13H,1H3,(H,14,15)/t7-,10-/m0/s1. The van der Waals surface area contributed by atoms with Gasteiger partial charge in [0.2, 0.25) is 0 Å². The van der Waals surface area contributed by atoms with Gasteiger partial charge in [-0.1, -0.05) is 37.3 Å². The van der Waals surface area contributed by atoms with E-state index < -0.39 is 18.0 Å². The zero-order valence-electron chi connectivity index (χ0n) is 8.25. The molecule has 15 heavy (non-hydrogen) atoms. The minimum atomic E-state index is -1.65. The van der Waals surface area contributed by atoms with Gasteiger partial charge in [0, 0.05) is 5.56 Å². The van der Waals surface area contributed by atoms with Gasteiger partial charge >= 0.3 is 5.97 Å². The highest BCUT2D eigenvalue weighted by Gasteiger charge is 2.28. The van der Waals surface area contributed by atoms with Gasteiger partial charge in [-0.05, 0) is 0 Å². The van der Waals surface area contributed by atoms with Crippen molar-refractivity contribution in [2.24, 2.45) is 5.92 Å². The Labute approximate surface area is 87.2 Å². The van der Waals surface area contributed by atoms with Crippen molar-refractivity contribution in [3.63, 3.8) is 0 Å². The molecule has 0 aliphatic rings. The molecule has 0 amide bonds. The molecule has 4 heteroatoms. The molecule has 2 N–H and O–H groups in total. The Bertz CT molecular complexity index is 358. The number of ketones is 1. The van der Waals surface area contributed by atoms with E-state index in [4.69, 9.17) is 5.11 Å². The first-order chi connectivity index (χ1) is 7.04. The van der Waals surface area contributed by atoms with Crippen LogP contribution in [0.25, 0.3) is 0 Å². The molecule has 0 saturated carbocycles. The molecule has 1 aromatic rings. The average Bonchev–Trinajstić information content (AvgIpc) is 2.27. The largest absolute Gasteiger partial charge is 0.479 e. The Kier molecular flexibility index (Phi) is 3.57. The van der Waals surface area contributed by atoms with E-state index in [1.165, 1.54) is 6.92 Å². The van der Waals surface area contributed by atoms with Crippen LogP contribution in [0.4, 0.5) is 0 Å². The number of carbonyl (C=O) groups excluding carboxylic acids is 1. The maximum atomic E-state index is 11.7. The molecule has 1 rings (SSSR count). The second-order valence-corrected chi connectivity index (χ2v) is 3.30. The summed E-state index contributed by atoms with van der Waals surface area (Å²) in [5, 5.41) is 17.8. The number of carboxylic acids is 1. The summed E-state index contributed by atoms with van der Waals surface area (Å²) >= 11 is 0. The van der Waals surface area contributed by atoms with Crippen LogP contribution in [0.15, 0.2) is 30.3 Å². The Morgan fingerprint density at radius 2 is 1.73 bits per heavy atom. The number of benzene rings is 1. The monoisotopic (exact) mass is 208 g/mol. The summed E-state index contributed by atoms with van der Waals surface area (Å²) in [6.45, 7) is 1.40. The smallest absolute Gasteiger partial charge is 0.333 e. The van der Waals surface area contributed by atoms with Crippen LogP contribution in [0.2, 0.25) is 0 Å². The molecule has 1 aromatic carbocycles. The van der Waals surface area contributed by atoms with E-state index in [0.29, 0.717) is 5.56 Å². The highest BCUT2D eigenvalue weighted by molar-refractivity contribution is 6.00. The molecule has 4 nitrogen and oxygen atoms in total. The van der Waals surface area contributed by atoms with E-state index in [2.05, 4.69) is 0 Å². The van der Waals surface area contributed by atoms with Gasteiger partial charge in [0.05, 0.1) is 5.92 Å². The number of hydrogen-bond acceptors (Lipinski definition) is 3. The topological polar surface area (TPSA) is 74.6 Å². The Balaban J connectivity index is 2.82. The summed E-state index contributed by atoms with van der Waals surface area (Å²) in [5.41, 5.74) is 0.408. The molecule has 0 radical (unpaired) electrons. The zero-order valence-corrected chi connectivity index (χ0v) is 8.25. The zero-order chi connectivity index (χ0) is 11.4. The van der Waals surface area contributed by atoms with Gasteiger partial charge in [-0.15, -0.1) is 0 Å². The molecular formula is C11H12O4. The van der Waals surface area contributed by atoms with Gasteiger partial charge in [-0.3, -0.25) is 4.79 Å². The normalized spacial score (nSPS) is 14.3. The first-order valence-corrected chi connectivity index (χ1v) is 4.54. The number of carbonyl (C=O) groups is 2. The fourth-order valence-electron chi connectivity index (χ4n) is 1.22. The molecule has 0 aromatic heterocycles. The first-order valence-electron chi connectivity index (χ1n) is 4.54. The predicted octanol–water partition coefficient (Wildman–Crippen LogP) is 0.951. The summed E-state index contributed by atoms with van der Waals surface area (Å²) in [5.74, 6) is -2.69. The van der Waals surface area contributed by atoms with Gasteiger partial charge in [0.15, 0.2) is 11.9 Å². The third-order valence-corrected chi connectivity index (χ3v) is 2.20. The van der Waals surface area contributed by atoms with Crippen LogP contribution in [0.1, 0.15) is 17.3 Å². The van der Waals surface area contributed by atoms with Crippen LogP contribution in [-0.4, -0.2) is 28.1 Å². The Morgan fingerprint density at radius 3 is 2.20 bits per heavy atom. The quantitative estimate of drug-likeness (QED) is 0.722. The lowest BCUT2D eigenvalue weighted by Crippen LogP contribution is -2.32. The molecule has 0 bridgehead atoms. The molecule has 0 spiro atoms. The van der Waals surface area contributed by atoms with Gasteiger partial charge < -0.3 is 10.2 Å². The number of Topliss-reactive ketones (excluding diaryl/α,β-unsaturated/α-hetero) is 1. The second kappa shape index (κ2) is 4.70. The lowest BCUT2D eigenvalue weighted by molar-refractivity contribution is -0.148. The third kappa shape index (κ3) is 2.63. The molecule has 0 unspecified atom stereocenters. The van der Waals surface area contributed by atoms with Crippen molar-refractivity contribution in [1.29, 1.82) is 0 Å². The number of aliphatic carboxylic acids is 1. The molecule has 0 heterocycles. The van der Waals surface area contributed by atoms with E-state index in [1.54, 1.807) is 30.3 Å². The number of aliphatic hydroxyl groups excluding tert-OH is 1. The fourth-order valence-corrected chi connectivity index (χ4v) is 1.22. The molecular weight excluding hydrogens is 196 g/mol. The summed E-state index contributed by atoms with van der Waals surface area (Å²) in [6.07, 6.45) is -1.65. The number of aliphatic hydroxyl groups is 1. The van der Waals surface area contributed by atoms with E-state index in [-0.39, 0.29) is 5.78 Å². The van der Waals surface area contributed by atoms with Gasteiger partial charge in [0.25, 0.3) is 0 Å². The minimum absolute atomic E-state index is 0.370. The number of hydrogen-bond donors (Lipinski definition) is 2. The average molecular weight is 208 g/mol. The SMILES string of the molecule is C[C@@H](C(=O)c1ccccc1)[C@H](O)C(=O)O. The van der Waals surface area contributed by atoms with E-state index >= 15 is 0 Å². The molecule has 0 fully saturated rings. The minimum Gasteiger partial charge on any atom is -0.479 e. The highest BCUT2D eigenvalue weighted by atomic mass is 16.4. The van der Waals surface area contributed by atoms with Crippen molar-refractivity contribution >= 4 is 11.8 Å². The second-order valence-electron chi connectivity index (χ2n) is 3.30. The maximum Gasteiger partial charge on any atom is 0.333 e. The van der Waals surface area contributed by atoms with Gasteiger partial charge in [0.1, 0.15) is 0 Å². The van der Waals surface area contributed by atoms with Crippen molar-refractivity contribution in [2.45, 2.75) is 13.0 Å². The van der Waals surface area contributed by atoms with Crippen molar-refractivity contribution in [2.75, 3.05) is 0 Å². The van der Waals surface area contributed by atoms with Crippen LogP contribution >= 0.6 is 0 Å². The molecule has 80 valence electrons. The lowest BCUT2D eigenvalue weighted by Gasteiger charge is -2.13. The fraction of sp³-hybridized carbons (Fsp3) is 0.273. The highest BCUT2D eigenvalue weighted by Crippen LogP contribution is 2.12. The van der Waals surface area contributed by atoms with Gasteiger partial charge in [-0.2, -0.15) is 0 Å². The summed E-state index contributed by atoms with van der Waals surface area (Å²) in [7, 11) is 0. The number of carboxylic acid groups (broad SMARTS) is 1. The van der Waals surface area contributed by atoms with E-state index in [9.17, 15) is 14.7 Å². The van der Waals surface area contributed by atoms with Crippen LogP contribution < -0.4 is 0 Å². The summed E-state index contributed by atoms with van der Waals surface area (Å²) in [6, 6.07) is 8.32. The Morgan fingerprint density at radius 1 is 1.20 bits per heavy atom. The summed E-state index contributed by atoms with van der Waals surface area (Å²) in [4.78, 5) is 22.1. The molecule has 0 aliphatic carbocycles. The molecule has 0 aliphatic heterocycles. The van der Waals surface area contributed by atoms with Gasteiger partial charge in [-0.25, -0.2) is 4.79 Å². The van der Waals surface area contributed by atoms with Crippen LogP contribution in [0, 0.1) is 5.92 Å². The predicted molar refractivity (Wildman–Crippen MR) is 53.6 cm³/mol. The van der Waals surface area contributed by atoms with Crippen LogP contribution in [0.3, 0.4) is 0 Å². The molecule has 0 saturated heterocycles. The van der Waals surface area contributed by atoms with Crippen molar-refractivity contribution in [1.82, 2.24) is 0 Å². The van der Waals surface area contributed by atoms with Crippen molar-refractivity contribution in [3.05, 3.63) is 35.9 Å². The molecule has 2 atom stereocenters. The van der Waals surface area contributed by atoms with Crippen LogP contribution in [0.5, 0.6) is 0 Å². The lowest BCUT2D eigenvalue weighted by atomic mass is 9.94. The van der Waals surface area contributed by atoms with Crippen molar-refractivity contribution in [3.8, 4) is 0 Å². The summed E-state index contributed by atoms with van der Waals surface area (Å²) < 4.78 is 0. The maximum absolute atomic E-state index is 11.7. The third-order valence-electron chi connectivity index (χ3n) is 2.20.